The van der Waals surface area contributed by atoms with E-state index in [2.05, 4.69) is 31.7 Å². The van der Waals surface area contributed by atoms with Crippen LogP contribution in [0, 0.1) is 0 Å². The highest BCUT2D eigenvalue weighted by Crippen LogP contribution is 2.04. The second-order valence-corrected chi connectivity index (χ2v) is 4.15. The van der Waals surface area contributed by atoms with E-state index in [-0.39, 0.29) is 0 Å². The first kappa shape index (κ1) is 15.5. The van der Waals surface area contributed by atoms with Gasteiger partial charge in [-0.15, -0.1) is 0 Å². The average Bonchev–Trinajstić information content (AvgIpc) is 2.30. The van der Waals surface area contributed by atoms with Crippen LogP contribution in [0.2, 0.25) is 0 Å². The number of nitrogens with zero attached hydrogens (tertiary/aromatic N) is 1. The molecule has 0 amide bonds. The van der Waals surface area contributed by atoms with E-state index in [9.17, 15) is 0 Å². The lowest BCUT2D eigenvalue weighted by Crippen LogP contribution is -2.27. The smallest absolute Gasteiger partial charge is 0.0914 e. The van der Waals surface area contributed by atoms with E-state index in [0.717, 1.165) is 25.2 Å². The predicted molar refractivity (Wildman–Crippen MR) is 71.6 cm³/mol. The Morgan fingerprint density at radius 3 is 2.12 bits per heavy atom. The van der Waals surface area contributed by atoms with Gasteiger partial charge >= 0.3 is 0 Å². The summed E-state index contributed by atoms with van der Waals surface area (Å²) < 4.78 is 5.68. The minimum absolute atomic E-state index is 0.859. The Kier molecular flexibility index (Phi) is 10.7. The number of allylic oxidation sites excluding steroid dienone is 2. The number of hydrogen-bond acceptors (Lipinski definition) is 2. The van der Waals surface area contributed by atoms with Crippen molar-refractivity contribution in [1.82, 2.24) is 4.90 Å². The Morgan fingerprint density at radius 2 is 1.69 bits per heavy atom. The molecule has 0 fully saturated rings. The summed E-state index contributed by atoms with van der Waals surface area (Å²) in [6, 6.07) is 0. The molecule has 0 spiro atoms. The second kappa shape index (κ2) is 11.0. The Bertz CT molecular complexity index is 172. The van der Waals surface area contributed by atoms with Crippen molar-refractivity contribution in [2.24, 2.45) is 0 Å². The molecule has 0 aromatic carbocycles. The van der Waals surface area contributed by atoms with Crippen molar-refractivity contribution in [1.29, 1.82) is 0 Å². The normalized spacial score (nSPS) is 12.2. The molecule has 0 unspecified atom stereocenters. The lowest BCUT2D eigenvalue weighted by Gasteiger charge is -2.20. The summed E-state index contributed by atoms with van der Waals surface area (Å²) in [4.78, 5) is 2.53. The first-order chi connectivity index (χ1) is 7.78. The van der Waals surface area contributed by atoms with E-state index in [1.807, 2.05) is 6.92 Å². The molecule has 0 aliphatic heterocycles. The molecule has 96 valence electrons. The summed E-state index contributed by atoms with van der Waals surface area (Å²) in [5, 5.41) is 0. The highest BCUT2D eigenvalue weighted by Gasteiger charge is 2.02. The molecule has 0 radical (unpaired) electrons. The van der Waals surface area contributed by atoms with Crippen molar-refractivity contribution in [3.8, 4) is 0 Å². The molecule has 0 atom stereocenters. The van der Waals surface area contributed by atoms with Crippen LogP contribution in [0.5, 0.6) is 0 Å². The van der Waals surface area contributed by atoms with Gasteiger partial charge in [0, 0.05) is 13.0 Å². The van der Waals surface area contributed by atoms with Gasteiger partial charge in [0.15, 0.2) is 0 Å². The third kappa shape index (κ3) is 7.75. The summed E-state index contributed by atoms with van der Waals surface area (Å²) in [5.41, 5.74) is 0. The lowest BCUT2D eigenvalue weighted by molar-refractivity contribution is 0.176. The van der Waals surface area contributed by atoms with Crippen molar-refractivity contribution in [2.75, 3.05) is 26.2 Å². The van der Waals surface area contributed by atoms with Crippen LogP contribution in [0.25, 0.3) is 0 Å². The van der Waals surface area contributed by atoms with Crippen molar-refractivity contribution in [3.05, 3.63) is 11.8 Å². The maximum Gasteiger partial charge on any atom is 0.0914 e. The molecule has 0 N–H and O–H groups in total. The van der Waals surface area contributed by atoms with Crippen LogP contribution in [0.3, 0.4) is 0 Å². The molecular formula is C14H29NO. The Hall–Kier alpha value is -0.500. The minimum Gasteiger partial charge on any atom is -0.498 e. The zero-order valence-electron chi connectivity index (χ0n) is 11.6. The van der Waals surface area contributed by atoms with Gasteiger partial charge in [0.2, 0.25) is 0 Å². The molecule has 0 aliphatic rings. The van der Waals surface area contributed by atoms with E-state index in [1.165, 1.54) is 32.5 Å². The molecule has 2 heteroatoms. The average molecular weight is 227 g/mol. The molecule has 16 heavy (non-hydrogen) atoms. The first-order valence-corrected chi connectivity index (χ1v) is 6.78. The Balaban J connectivity index is 3.60. The van der Waals surface area contributed by atoms with Crippen LogP contribution in [0.4, 0.5) is 0 Å². The molecule has 0 saturated carbocycles. The van der Waals surface area contributed by atoms with E-state index in [4.69, 9.17) is 4.74 Å². The fraction of sp³-hybridized carbons (Fsp3) is 0.857. The van der Waals surface area contributed by atoms with Gasteiger partial charge < -0.3 is 9.64 Å². The predicted octanol–water partition coefficient (Wildman–Crippen LogP) is 3.83. The fourth-order valence-electron chi connectivity index (χ4n) is 1.85. The monoisotopic (exact) mass is 227 g/mol. The topological polar surface area (TPSA) is 12.5 Å². The molecule has 0 aromatic heterocycles. The fourth-order valence-corrected chi connectivity index (χ4v) is 1.85. The zero-order valence-corrected chi connectivity index (χ0v) is 11.6. The maximum absolute atomic E-state index is 5.68. The van der Waals surface area contributed by atoms with Gasteiger partial charge in [0.1, 0.15) is 0 Å². The van der Waals surface area contributed by atoms with E-state index < -0.39 is 0 Å². The third-order valence-electron chi connectivity index (χ3n) is 2.66. The standard InChI is InChI=1S/C14H29NO/c1-5-10-15(11-6-2)12-9-13-16-14(7-3)8-4/h7H,5-6,8-13H2,1-4H3/b14-7-. The third-order valence-corrected chi connectivity index (χ3v) is 2.66. The maximum atomic E-state index is 5.68. The lowest BCUT2D eigenvalue weighted by atomic mass is 10.3. The molecule has 2 nitrogen and oxygen atoms in total. The highest BCUT2D eigenvalue weighted by molar-refractivity contribution is 4.88. The number of ether oxygens (including phenoxy) is 1. The molecule has 0 heterocycles. The van der Waals surface area contributed by atoms with Gasteiger partial charge in [-0.3, -0.25) is 0 Å². The van der Waals surface area contributed by atoms with Gasteiger partial charge in [0.05, 0.1) is 12.4 Å². The van der Waals surface area contributed by atoms with Crippen LogP contribution < -0.4 is 0 Å². The van der Waals surface area contributed by atoms with Crippen LogP contribution >= 0.6 is 0 Å². The largest absolute Gasteiger partial charge is 0.498 e. The van der Waals surface area contributed by atoms with Crippen LogP contribution in [0.1, 0.15) is 53.4 Å². The summed E-state index contributed by atoms with van der Waals surface area (Å²) in [6.45, 7) is 13.1. The summed E-state index contributed by atoms with van der Waals surface area (Å²) in [6.07, 6.45) is 6.70. The number of hydrogen-bond donors (Lipinski definition) is 0. The first-order valence-electron chi connectivity index (χ1n) is 6.78. The van der Waals surface area contributed by atoms with Gasteiger partial charge in [0.25, 0.3) is 0 Å². The molecule has 0 bridgehead atoms. The molecule has 0 aromatic rings. The second-order valence-electron chi connectivity index (χ2n) is 4.15. The highest BCUT2D eigenvalue weighted by atomic mass is 16.5. The Morgan fingerprint density at radius 1 is 1.06 bits per heavy atom. The van der Waals surface area contributed by atoms with Crippen LogP contribution in [-0.4, -0.2) is 31.1 Å². The summed E-state index contributed by atoms with van der Waals surface area (Å²) in [7, 11) is 0. The molecule has 0 rings (SSSR count). The molecule has 0 saturated heterocycles. The van der Waals surface area contributed by atoms with Crippen LogP contribution in [0.15, 0.2) is 11.8 Å². The van der Waals surface area contributed by atoms with Crippen molar-refractivity contribution >= 4 is 0 Å². The van der Waals surface area contributed by atoms with E-state index in [0.29, 0.717) is 0 Å². The van der Waals surface area contributed by atoms with Gasteiger partial charge in [-0.1, -0.05) is 20.8 Å². The Labute approximate surface area is 102 Å². The van der Waals surface area contributed by atoms with E-state index >= 15 is 0 Å². The van der Waals surface area contributed by atoms with Crippen molar-refractivity contribution in [3.63, 3.8) is 0 Å². The molecular weight excluding hydrogens is 198 g/mol. The SMILES string of the molecule is C/C=C(/CC)OCCCN(CCC)CCC. The summed E-state index contributed by atoms with van der Waals surface area (Å²) in [5.74, 6) is 1.12. The van der Waals surface area contributed by atoms with E-state index in [1.54, 1.807) is 0 Å². The van der Waals surface area contributed by atoms with Gasteiger partial charge in [-0.05, 0) is 45.4 Å². The van der Waals surface area contributed by atoms with Gasteiger partial charge in [-0.25, -0.2) is 0 Å². The minimum atomic E-state index is 0.859. The number of rotatable bonds is 10. The van der Waals surface area contributed by atoms with Gasteiger partial charge in [-0.2, -0.15) is 0 Å². The van der Waals surface area contributed by atoms with Crippen LogP contribution in [-0.2, 0) is 4.74 Å². The zero-order chi connectivity index (χ0) is 12.2. The van der Waals surface area contributed by atoms with Crippen molar-refractivity contribution in [2.45, 2.75) is 53.4 Å². The molecule has 0 aliphatic carbocycles. The summed E-state index contributed by atoms with van der Waals surface area (Å²) >= 11 is 0. The van der Waals surface area contributed by atoms with Crippen molar-refractivity contribution < 1.29 is 4.74 Å². The quantitative estimate of drug-likeness (QED) is 0.415.